The summed E-state index contributed by atoms with van der Waals surface area (Å²) in [5, 5.41) is 0.277. The first-order valence-electron chi connectivity index (χ1n) is 6.34. The zero-order valence-electron chi connectivity index (χ0n) is 10.6. The van der Waals surface area contributed by atoms with Gasteiger partial charge >= 0.3 is 0 Å². The molecule has 0 amide bonds. The number of hydrogen-bond donors (Lipinski definition) is 2. The molecule has 1 aliphatic heterocycles. The van der Waals surface area contributed by atoms with Crippen LogP contribution in [0, 0.1) is 12.8 Å². The van der Waals surface area contributed by atoms with E-state index in [2.05, 4.69) is 9.71 Å². The summed E-state index contributed by atoms with van der Waals surface area (Å²) < 4.78 is 33.3. The van der Waals surface area contributed by atoms with Crippen molar-refractivity contribution in [3.8, 4) is 0 Å². The first kappa shape index (κ1) is 13.3. The van der Waals surface area contributed by atoms with E-state index in [0.717, 1.165) is 30.6 Å². The van der Waals surface area contributed by atoms with Crippen LogP contribution >= 0.6 is 11.3 Å². The molecular weight excluding hydrogens is 286 g/mol. The molecular formula is C11H17N3O3S2. The zero-order chi connectivity index (χ0) is 13.6. The lowest BCUT2D eigenvalue weighted by molar-refractivity contribution is 0.0848. The molecule has 8 heteroatoms. The van der Waals surface area contributed by atoms with E-state index in [-0.39, 0.29) is 21.5 Å². The molecule has 0 spiro atoms. The summed E-state index contributed by atoms with van der Waals surface area (Å²) >= 11 is 1.01. The Hall–Kier alpha value is -0.700. The Labute approximate surface area is 116 Å². The first-order valence-corrected chi connectivity index (χ1v) is 8.64. The van der Waals surface area contributed by atoms with Crippen molar-refractivity contribution in [1.82, 2.24) is 9.71 Å². The van der Waals surface area contributed by atoms with Crippen molar-refractivity contribution in [2.45, 2.75) is 42.5 Å². The number of sulfonamides is 1. The summed E-state index contributed by atoms with van der Waals surface area (Å²) in [6, 6.07) is -0.125. The van der Waals surface area contributed by atoms with Crippen LogP contribution < -0.4 is 10.5 Å². The lowest BCUT2D eigenvalue weighted by Crippen LogP contribution is -2.41. The maximum atomic E-state index is 12.4. The van der Waals surface area contributed by atoms with Gasteiger partial charge in [-0.2, -0.15) is 0 Å². The smallest absolute Gasteiger partial charge is 0.252 e. The van der Waals surface area contributed by atoms with Crippen molar-refractivity contribution in [2.24, 2.45) is 5.92 Å². The van der Waals surface area contributed by atoms with Gasteiger partial charge in [0.15, 0.2) is 9.34 Å². The normalized spacial score (nSPS) is 27.8. The molecule has 1 aliphatic carbocycles. The molecule has 1 aromatic rings. The van der Waals surface area contributed by atoms with Gasteiger partial charge < -0.3 is 10.5 Å². The lowest BCUT2D eigenvalue weighted by Gasteiger charge is -2.18. The van der Waals surface area contributed by atoms with Crippen molar-refractivity contribution >= 4 is 26.5 Å². The molecule has 1 saturated carbocycles. The summed E-state index contributed by atoms with van der Waals surface area (Å²) in [7, 11) is -3.55. The molecule has 2 atom stereocenters. The number of ether oxygens (including phenoxy) is 1. The summed E-state index contributed by atoms with van der Waals surface area (Å²) in [4.78, 5) is 3.96. The van der Waals surface area contributed by atoms with Crippen LogP contribution in [0.3, 0.4) is 0 Å². The number of nitrogens with one attached hydrogen (secondary N) is 1. The monoisotopic (exact) mass is 303 g/mol. The summed E-state index contributed by atoms with van der Waals surface area (Å²) in [5.74, 6) is 0.517. The number of thiazole rings is 1. The van der Waals surface area contributed by atoms with Gasteiger partial charge in [-0.05, 0) is 32.1 Å². The Kier molecular flexibility index (Phi) is 3.28. The minimum atomic E-state index is -3.55. The topological polar surface area (TPSA) is 94.3 Å². The molecule has 2 heterocycles. The van der Waals surface area contributed by atoms with Gasteiger partial charge in [-0.25, -0.2) is 18.1 Å². The number of aromatic nitrogens is 1. The van der Waals surface area contributed by atoms with E-state index in [9.17, 15) is 8.42 Å². The van der Waals surface area contributed by atoms with Crippen LogP contribution in [0.1, 0.15) is 25.0 Å². The Balaban J connectivity index is 1.79. The van der Waals surface area contributed by atoms with E-state index in [1.165, 1.54) is 0 Å². The average Bonchev–Trinajstić information content (AvgIpc) is 2.97. The highest BCUT2D eigenvalue weighted by molar-refractivity contribution is 7.91. The van der Waals surface area contributed by atoms with Gasteiger partial charge in [0.1, 0.15) is 0 Å². The van der Waals surface area contributed by atoms with E-state index < -0.39 is 10.0 Å². The van der Waals surface area contributed by atoms with Crippen LogP contribution in [0.25, 0.3) is 0 Å². The number of nitrogens with two attached hydrogens (primary N) is 1. The van der Waals surface area contributed by atoms with Crippen molar-refractivity contribution < 1.29 is 13.2 Å². The third kappa shape index (κ3) is 2.62. The second kappa shape index (κ2) is 4.69. The largest absolute Gasteiger partial charge is 0.376 e. The SMILES string of the molecule is Cc1nc(N)sc1S(=O)(=O)NC1CCOC1C1CC1. The van der Waals surface area contributed by atoms with Crippen LogP contribution in [0.2, 0.25) is 0 Å². The summed E-state index contributed by atoms with van der Waals surface area (Å²) in [5.41, 5.74) is 6.02. The predicted molar refractivity (Wildman–Crippen MR) is 72.5 cm³/mol. The van der Waals surface area contributed by atoms with Gasteiger partial charge in [-0.3, -0.25) is 0 Å². The fourth-order valence-electron chi connectivity index (χ4n) is 2.53. The van der Waals surface area contributed by atoms with E-state index in [1.807, 2.05) is 0 Å². The van der Waals surface area contributed by atoms with Crippen LogP contribution in [0.5, 0.6) is 0 Å². The van der Waals surface area contributed by atoms with Gasteiger partial charge in [0.25, 0.3) is 10.0 Å². The standard InChI is InChI=1S/C11H17N3O3S2/c1-6-10(18-11(12)13-6)19(15,16)14-8-4-5-17-9(8)7-2-3-7/h7-9,14H,2-5H2,1H3,(H2,12,13). The Morgan fingerprint density at radius 3 is 2.74 bits per heavy atom. The van der Waals surface area contributed by atoms with Gasteiger partial charge in [0, 0.05) is 6.61 Å². The van der Waals surface area contributed by atoms with Crippen LogP contribution in [0.4, 0.5) is 5.13 Å². The molecule has 3 N–H and O–H groups in total. The van der Waals surface area contributed by atoms with Crippen LogP contribution in [-0.2, 0) is 14.8 Å². The Bertz CT molecular complexity index is 580. The fraction of sp³-hybridized carbons (Fsp3) is 0.727. The number of hydrogen-bond acceptors (Lipinski definition) is 6. The van der Waals surface area contributed by atoms with Gasteiger partial charge in [-0.1, -0.05) is 11.3 Å². The van der Waals surface area contributed by atoms with Gasteiger partial charge in [-0.15, -0.1) is 0 Å². The van der Waals surface area contributed by atoms with E-state index in [1.54, 1.807) is 6.92 Å². The number of aryl methyl sites for hydroxylation is 1. The molecule has 2 unspecified atom stereocenters. The zero-order valence-corrected chi connectivity index (χ0v) is 12.3. The molecule has 6 nitrogen and oxygen atoms in total. The molecule has 3 rings (SSSR count). The first-order chi connectivity index (χ1) is 8.97. The quantitative estimate of drug-likeness (QED) is 0.861. The number of anilines is 1. The number of nitrogens with zero attached hydrogens (tertiary/aromatic N) is 1. The maximum absolute atomic E-state index is 12.4. The Morgan fingerprint density at radius 1 is 1.42 bits per heavy atom. The molecule has 19 heavy (non-hydrogen) atoms. The highest BCUT2D eigenvalue weighted by Crippen LogP contribution is 2.39. The van der Waals surface area contributed by atoms with Gasteiger partial charge in [0.2, 0.25) is 0 Å². The maximum Gasteiger partial charge on any atom is 0.252 e. The molecule has 1 saturated heterocycles. The van der Waals surface area contributed by atoms with Crippen molar-refractivity contribution in [3.63, 3.8) is 0 Å². The summed E-state index contributed by atoms with van der Waals surface area (Å²) in [6.45, 7) is 2.28. The Morgan fingerprint density at radius 2 is 2.16 bits per heavy atom. The molecule has 1 aromatic heterocycles. The predicted octanol–water partition coefficient (Wildman–Crippen LogP) is 0.880. The van der Waals surface area contributed by atoms with Crippen LogP contribution in [0.15, 0.2) is 4.21 Å². The van der Waals surface area contributed by atoms with Crippen molar-refractivity contribution in [2.75, 3.05) is 12.3 Å². The van der Waals surface area contributed by atoms with E-state index >= 15 is 0 Å². The fourth-order valence-corrected chi connectivity index (χ4v) is 5.13. The number of nitrogen functional groups attached to an aromatic ring is 1. The number of rotatable bonds is 4. The summed E-state index contributed by atoms with van der Waals surface area (Å²) in [6.07, 6.45) is 3.03. The van der Waals surface area contributed by atoms with E-state index in [4.69, 9.17) is 10.5 Å². The highest BCUT2D eigenvalue weighted by atomic mass is 32.2. The van der Waals surface area contributed by atoms with E-state index in [0.29, 0.717) is 18.2 Å². The van der Waals surface area contributed by atoms with Gasteiger partial charge in [0.05, 0.1) is 17.8 Å². The molecule has 0 bridgehead atoms. The average molecular weight is 303 g/mol. The third-order valence-electron chi connectivity index (χ3n) is 3.54. The second-order valence-corrected chi connectivity index (χ2v) is 8.05. The molecule has 2 fully saturated rings. The lowest BCUT2D eigenvalue weighted by atomic mass is 10.1. The second-order valence-electron chi connectivity index (χ2n) is 5.11. The van der Waals surface area contributed by atoms with Crippen molar-refractivity contribution in [1.29, 1.82) is 0 Å². The molecule has 0 radical (unpaired) electrons. The van der Waals surface area contributed by atoms with Crippen LogP contribution in [-0.4, -0.2) is 32.2 Å². The minimum Gasteiger partial charge on any atom is -0.376 e. The molecule has 2 aliphatic rings. The minimum absolute atomic E-state index is 0.0281. The third-order valence-corrected chi connectivity index (χ3v) is 6.63. The van der Waals surface area contributed by atoms with Crippen molar-refractivity contribution in [3.05, 3.63) is 5.69 Å². The molecule has 0 aromatic carbocycles. The highest BCUT2D eigenvalue weighted by Gasteiger charge is 2.42. The molecule has 106 valence electrons.